The van der Waals surface area contributed by atoms with Crippen LogP contribution in [0.3, 0.4) is 0 Å². The van der Waals surface area contributed by atoms with Crippen LogP contribution < -0.4 is 4.90 Å². The van der Waals surface area contributed by atoms with Crippen molar-refractivity contribution in [1.82, 2.24) is 4.98 Å². The molecule has 3 rings (SSSR count). The van der Waals surface area contributed by atoms with Crippen molar-refractivity contribution in [2.24, 2.45) is 5.92 Å². The Morgan fingerprint density at radius 1 is 1.21 bits per heavy atom. The van der Waals surface area contributed by atoms with Gasteiger partial charge in [-0.2, -0.15) is 0 Å². The first-order valence-corrected chi connectivity index (χ1v) is 6.91. The Hall–Kier alpha value is -1.72. The first-order chi connectivity index (χ1) is 9.26. The Morgan fingerprint density at radius 2 is 2.00 bits per heavy atom. The lowest BCUT2D eigenvalue weighted by molar-refractivity contribution is 0.490. The maximum Gasteiger partial charge on any atom is 0.129 e. The largest absolute Gasteiger partial charge is 0.357 e. The number of rotatable bonds is 1. The number of hydrogen-bond donors (Lipinski definition) is 0. The van der Waals surface area contributed by atoms with E-state index < -0.39 is 0 Å². The van der Waals surface area contributed by atoms with E-state index in [0.717, 1.165) is 47.7 Å². The number of halogens is 1. The first-order valence-electron chi connectivity index (χ1n) is 6.53. The highest BCUT2D eigenvalue weighted by molar-refractivity contribution is 6.31. The van der Waals surface area contributed by atoms with E-state index in [2.05, 4.69) is 23.0 Å². The van der Waals surface area contributed by atoms with Crippen LogP contribution in [0.15, 0.2) is 30.3 Å². The maximum atomic E-state index is 5.98. The number of nitrogens with zero attached hydrogens (tertiary/aromatic N) is 2. The van der Waals surface area contributed by atoms with Crippen LogP contribution in [0.5, 0.6) is 0 Å². The molecule has 0 spiro atoms. The molecule has 0 N–H and O–H groups in total. The Kier molecular flexibility index (Phi) is 3.31. The Bertz CT molecular complexity index is 637. The maximum absolute atomic E-state index is 5.98. The molecular weight excluding hydrogens is 256 g/mol. The van der Waals surface area contributed by atoms with Crippen LogP contribution in [0, 0.1) is 18.3 Å². The number of piperidine rings is 1. The SMILES string of the molecule is C#CC1CCN(c2ccc3cc(Cl)ccc3n2)CC1. The molecule has 0 radical (unpaired) electrons. The smallest absolute Gasteiger partial charge is 0.129 e. The summed E-state index contributed by atoms with van der Waals surface area (Å²) in [6.45, 7) is 1.97. The van der Waals surface area contributed by atoms with Gasteiger partial charge in [0, 0.05) is 29.4 Å². The van der Waals surface area contributed by atoms with Gasteiger partial charge < -0.3 is 4.90 Å². The number of fused-ring (bicyclic) bond motifs is 1. The summed E-state index contributed by atoms with van der Waals surface area (Å²) >= 11 is 5.98. The number of anilines is 1. The van der Waals surface area contributed by atoms with Gasteiger partial charge in [0.1, 0.15) is 5.82 Å². The van der Waals surface area contributed by atoms with Gasteiger partial charge in [-0.25, -0.2) is 4.98 Å². The van der Waals surface area contributed by atoms with Crippen molar-refractivity contribution < 1.29 is 0 Å². The highest BCUT2D eigenvalue weighted by Gasteiger charge is 2.18. The second-order valence-corrected chi connectivity index (χ2v) is 5.37. The predicted octanol–water partition coefficient (Wildman–Crippen LogP) is 3.74. The zero-order valence-corrected chi connectivity index (χ0v) is 11.4. The molecule has 0 amide bonds. The molecule has 1 saturated heterocycles. The van der Waals surface area contributed by atoms with Crippen molar-refractivity contribution in [3.05, 3.63) is 35.4 Å². The minimum absolute atomic E-state index is 0.426. The van der Waals surface area contributed by atoms with Crippen LogP contribution in [-0.4, -0.2) is 18.1 Å². The minimum Gasteiger partial charge on any atom is -0.357 e. The minimum atomic E-state index is 0.426. The normalized spacial score (nSPS) is 16.5. The molecule has 2 aromatic rings. The molecule has 1 aliphatic rings. The van der Waals surface area contributed by atoms with Gasteiger partial charge in [0.15, 0.2) is 0 Å². The molecular formula is C16H15ClN2. The van der Waals surface area contributed by atoms with Gasteiger partial charge in [-0.3, -0.25) is 0 Å². The predicted molar refractivity (Wildman–Crippen MR) is 80.5 cm³/mol. The van der Waals surface area contributed by atoms with E-state index in [0.29, 0.717) is 5.92 Å². The zero-order valence-electron chi connectivity index (χ0n) is 10.6. The summed E-state index contributed by atoms with van der Waals surface area (Å²) in [6, 6.07) is 9.94. The Morgan fingerprint density at radius 3 is 2.74 bits per heavy atom. The summed E-state index contributed by atoms with van der Waals surface area (Å²) in [5.41, 5.74) is 0.987. The fourth-order valence-corrected chi connectivity index (χ4v) is 2.72. The van der Waals surface area contributed by atoms with Crippen LogP contribution in [0.1, 0.15) is 12.8 Å². The average Bonchev–Trinajstić information content (AvgIpc) is 2.47. The molecule has 2 nitrogen and oxygen atoms in total. The van der Waals surface area contributed by atoms with E-state index in [4.69, 9.17) is 23.0 Å². The van der Waals surface area contributed by atoms with Gasteiger partial charge in [-0.15, -0.1) is 12.3 Å². The van der Waals surface area contributed by atoms with Crippen molar-refractivity contribution >= 4 is 28.3 Å². The van der Waals surface area contributed by atoms with Gasteiger partial charge in [0.05, 0.1) is 5.52 Å². The molecule has 1 fully saturated rings. The van der Waals surface area contributed by atoms with Gasteiger partial charge in [0.25, 0.3) is 0 Å². The molecule has 1 aromatic heterocycles. The second-order valence-electron chi connectivity index (χ2n) is 4.93. The van der Waals surface area contributed by atoms with Crippen molar-refractivity contribution in [3.63, 3.8) is 0 Å². The molecule has 0 unspecified atom stereocenters. The molecule has 0 atom stereocenters. The molecule has 1 aliphatic heterocycles. The molecule has 0 saturated carbocycles. The van der Waals surface area contributed by atoms with Crippen molar-refractivity contribution in [3.8, 4) is 12.3 Å². The monoisotopic (exact) mass is 270 g/mol. The Labute approximate surface area is 118 Å². The molecule has 1 aromatic carbocycles. The highest BCUT2D eigenvalue weighted by Crippen LogP contribution is 2.24. The van der Waals surface area contributed by atoms with Crippen LogP contribution in [0.4, 0.5) is 5.82 Å². The van der Waals surface area contributed by atoms with E-state index in [-0.39, 0.29) is 0 Å². The summed E-state index contributed by atoms with van der Waals surface area (Å²) in [5, 5.41) is 1.83. The lowest BCUT2D eigenvalue weighted by atomic mass is 9.98. The van der Waals surface area contributed by atoms with E-state index in [1.807, 2.05) is 18.2 Å². The summed E-state index contributed by atoms with van der Waals surface area (Å²) in [6.07, 6.45) is 7.58. The zero-order chi connectivity index (χ0) is 13.2. The van der Waals surface area contributed by atoms with E-state index in [1.165, 1.54) is 0 Å². The number of terminal acetylenes is 1. The number of hydrogen-bond acceptors (Lipinski definition) is 2. The number of aromatic nitrogens is 1. The quantitative estimate of drug-likeness (QED) is 0.734. The van der Waals surface area contributed by atoms with Crippen LogP contribution in [-0.2, 0) is 0 Å². The summed E-state index contributed by atoms with van der Waals surface area (Å²) in [7, 11) is 0. The first kappa shape index (κ1) is 12.3. The molecule has 19 heavy (non-hydrogen) atoms. The lowest BCUT2D eigenvalue weighted by Gasteiger charge is -2.30. The van der Waals surface area contributed by atoms with Gasteiger partial charge in [-0.1, -0.05) is 11.6 Å². The van der Waals surface area contributed by atoms with Crippen LogP contribution in [0.25, 0.3) is 10.9 Å². The van der Waals surface area contributed by atoms with Gasteiger partial charge >= 0.3 is 0 Å². The van der Waals surface area contributed by atoms with E-state index in [1.54, 1.807) is 0 Å². The topological polar surface area (TPSA) is 16.1 Å². The van der Waals surface area contributed by atoms with Crippen LogP contribution in [0.2, 0.25) is 5.02 Å². The molecule has 0 bridgehead atoms. The third-order valence-corrected chi connectivity index (χ3v) is 3.93. The van der Waals surface area contributed by atoms with Crippen molar-refractivity contribution in [2.45, 2.75) is 12.8 Å². The standard InChI is InChI=1S/C16H15ClN2/c1-2-12-7-9-19(10-8-12)16-6-3-13-11-14(17)4-5-15(13)18-16/h1,3-6,11-12H,7-10H2. The fourth-order valence-electron chi connectivity index (χ4n) is 2.54. The summed E-state index contributed by atoms with van der Waals surface area (Å²) in [5.74, 6) is 4.31. The lowest BCUT2D eigenvalue weighted by Crippen LogP contribution is -2.33. The van der Waals surface area contributed by atoms with Gasteiger partial charge in [-0.05, 0) is 43.2 Å². The van der Waals surface area contributed by atoms with Crippen molar-refractivity contribution in [2.75, 3.05) is 18.0 Å². The highest BCUT2D eigenvalue weighted by atomic mass is 35.5. The molecule has 2 heterocycles. The van der Waals surface area contributed by atoms with Crippen LogP contribution >= 0.6 is 11.6 Å². The molecule has 3 heteroatoms. The third kappa shape index (κ3) is 2.52. The average molecular weight is 271 g/mol. The Balaban J connectivity index is 1.86. The summed E-state index contributed by atoms with van der Waals surface area (Å²) in [4.78, 5) is 7.01. The second kappa shape index (κ2) is 5.11. The van der Waals surface area contributed by atoms with Gasteiger partial charge in [0.2, 0.25) is 0 Å². The third-order valence-electron chi connectivity index (χ3n) is 3.69. The number of pyridine rings is 1. The fraction of sp³-hybridized carbons (Fsp3) is 0.312. The summed E-state index contributed by atoms with van der Waals surface area (Å²) < 4.78 is 0. The van der Waals surface area contributed by atoms with Crippen molar-refractivity contribution in [1.29, 1.82) is 0 Å². The number of benzene rings is 1. The van der Waals surface area contributed by atoms with E-state index >= 15 is 0 Å². The van der Waals surface area contributed by atoms with E-state index in [9.17, 15) is 0 Å². The molecule has 0 aliphatic carbocycles. The molecule has 96 valence electrons.